The normalized spacial score (nSPS) is 15.9. The fraction of sp³-hybridized carbons (Fsp3) is 0.400. The van der Waals surface area contributed by atoms with Crippen LogP contribution < -0.4 is 5.56 Å². The maximum absolute atomic E-state index is 12.7. The molecule has 0 unspecified atom stereocenters. The zero-order valence-electron chi connectivity index (χ0n) is 14.9. The Kier molecular flexibility index (Phi) is 4.17. The second-order valence-corrected chi connectivity index (χ2v) is 6.81. The monoisotopic (exact) mass is 336 g/mol. The van der Waals surface area contributed by atoms with E-state index in [9.17, 15) is 4.79 Å². The van der Waals surface area contributed by atoms with Crippen LogP contribution in [0.25, 0.3) is 27.9 Å². The number of nitrogens with one attached hydrogen (secondary N) is 1. The smallest absolute Gasteiger partial charge is 0.262 e. The SMILES string of the molecule is CCn1c(=O)c2c(C)[nH]nc2c2cc(/C=C/CN3CCCC3)ccc21. The molecule has 0 saturated carbocycles. The first-order valence-corrected chi connectivity index (χ1v) is 9.09. The van der Waals surface area contributed by atoms with Gasteiger partial charge in [-0.05, 0) is 57.5 Å². The van der Waals surface area contributed by atoms with Crippen LogP contribution in [0.3, 0.4) is 0 Å². The highest BCUT2D eigenvalue weighted by Gasteiger charge is 2.14. The molecule has 1 aliphatic heterocycles. The highest BCUT2D eigenvalue weighted by Crippen LogP contribution is 2.24. The van der Waals surface area contributed by atoms with Crippen LogP contribution in [0.1, 0.15) is 31.0 Å². The lowest BCUT2D eigenvalue weighted by atomic mass is 10.1. The van der Waals surface area contributed by atoms with Gasteiger partial charge in [0.2, 0.25) is 0 Å². The zero-order valence-corrected chi connectivity index (χ0v) is 14.9. The van der Waals surface area contributed by atoms with Crippen molar-refractivity contribution in [2.45, 2.75) is 33.2 Å². The van der Waals surface area contributed by atoms with Gasteiger partial charge in [-0.1, -0.05) is 18.2 Å². The van der Waals surface area contributed by atoms with Crippen LogP contribution in [0.4, 0.5) is 0 Å². The summed E-state index contributed by atoms with van der Waals surface area (Å²) >= 11 is 0. The molecule has 0 spiro atoms. The molecule has 1 aromatic carbocycles. The van der Waals surface area contributed by atoms with Crippen molar-refractivity contribution in [2.75, 3.05) is 19.6 Å². The predicted molar refractivity (Wildman–Crippen MR) is 103 cm³/mol. The lowest BCUT2D eigenvalue weighted by Crippen LogP contribution is -2.20. The molecule has 0 atom stereocenters. The minimum absolute atomic E-state index is 0.0357. The molecule has 1 fully saturated rings. The van der Waals surface area contributed by atoms with E-state index in [2.05, 4.69) is 39.4 Å². The second-order valence-electron chi connectivity index (χ2n) is 6.81. The van der Waals surface area contributed by atoms with Crippen LogP contribution in [0.15, 0.2) is 29.1 Å². The number of likely N-dealkylation sites (tertiary alicyclic amines) is 1. The van der Waals surface area contributed by atoms with E-state index >= 15 is 0 Å². The van der Waals surface area contributed by atoms with Crippen molar-refractivity contribution in [1.82, 2.24) is 19.7 Å². The minimum atomic E-state index is 0.0357. The quantitative estimate of drug-likeness (QED) is 0.795. The summed E-state index contributed by atoms with van der Waals surface area (Å²) in [6.45, 7) is 7.98. The maximum atomic E-state index is 12.7. The van der Waals surface area contributed by atoms with Gasteiger partial charge in [0.25, 0.3) is 5.56 Å². The Morgan fingerprint density at radius 3 is 2.84 bits per heavy atom. The lowest BCUT2D eigenvalue weighted by Gasteiger charge is -2.11. The van der Waals surface area contributed by atoms with Gasteiger partial charge in [-0.3, -0.25) is 14.8 Å². The molecule has 4 rings (SSSR count). The van der Waals surface area contributed by atoms with E-state index in [-0.39, 0.29) is 5.56 Å². The van der Waals surface area contributed by atoms with Crippen LogP contribution >= 0.6 is 0 Å². The Bertz CT molecular complexity index is 1010. The van der Waals surface area contributed by atoms with E-state index in [4.69, 9.17) is 0 Å². The van der Waals surface area contributed by atoms with Gasteiger partial charge in [0.1, 0.15) is 5.52 Å². The summed E-state index contributed by atoms with van der Waals surface area (Å²) in [7, 11) is 0. The molecular weight excluding hydrogens is 312 g/mol. The first-order chi connectivity index (χ1) is 12.2. The third kappa shape index (κ3) is 2.78. The van der Waals surface area contributed by atoms with Crippen molar-refractivity contribution in [3.63, 3.8) is 0 Å². The van der Waals surface area contributed by atoms with Gasteiger partial charge in [0, 0.05) is 24.2 Å². The van der Waals surface area contributed by atoms with E-state index in [0.29, 0.717) is 11.9 Å². The third-order valence-corrected chi connectivity index (χ3v) is 5.16. The molecular formula is C20H24N4O. The molecule has 2 aromatic heterocycles. The topological polar surface area (TPSA) is 53.9 Å². The molecule has 0 aliphatic carbocycles. The number of rotatable bonds is 4. The van der Waals surface area contributed by atoms with E-state index in [0.717, 1.165) is 34.2 Å². The Labute approximate surface area is 146 Å². The molecule has 0 radical (unpaired) electrons. The number of nitrogens with zero attached hydrogens (tertiary/aromatic N) is 3. The summed E-state index contributed by atoms with van der Waals surface area (Å²) in [6.07, 6.45) is 7.03. The molecule has 130 valence electrons. The average Bonchev–Trinajstić information content (AvgIpc) is 3.26. The van der Waals surface area contributed by atoms with Gasteiger partial charge in [-0.25, -0.2) is 0 Å². The summed E-state index contributed by atoms with van der Waals surface area (Å²) in [4.78, 5) is 15.2. The molecule has 25 heavy (non-hydrogen) atoms. The number of aryl methyl sites for hydroxylation is 2. The molecule has 1 N–H and O–H groups in total. The molecule has 1 saturated heterocycles. The van der Waals surface area contributed by atoms with Gasteiger partial charge in [0.05, 0.1) is 10.9 Å². The van der Waals surface area contributed by atoms with Gasteiger partial charge in [0.15, 0.2) is 0 Å². The van der Waals surface area contributed by atoms with Crippen LogP contribution in [0.2, 0.25) is 0 Å². The second kappa shape index (κ2) is 6.48. The fourth-order valence-corrected chi connectivity index (χ4v) is 3.83. The lowest BCUT2D eigenvalue weighted by molar-refractivity contribution is 0.378. The largest absolute Gasteiger partial charge is 0.308 e. The van der Waals surface area contributed by atoms with E-state index in [1.807, 2.05) is 24.5 Å². The Morgan fingerprint density at radius 1 is 1.28 bits per heavy atom. The van der Waals surface area contributed by atoms with E-state index < -0.39 is 0 Å². The summed E-state index contributed by atoms with van der Waals surface area (Å²) in [5.74, 6) is 0. The number of hydrogen-bond donors (Lipinski definition) is 1. The van der Waals surface area contributed by atoms with Gasteiger partial charge >= 0.3 is 0 Å². The van der Waals surface area contributed by atoms with Crippen molar-refractivity contribution in [1.29, 1.82) is 0 Å². The first kappa shape index (κ1) is 16.1. The molecule has 3 heterocycles. The van der Waals surface area contributed by atoms with Crippen LogP contribution in [-0.4, -0.2) is 39.3 Å². The summed E-state index contributed by atoms with van der Waals surface area (Å²) < 4.78 is 1.83. The predicted octanol–water partition coefficient (Wildman–Crippen LogP) is 3.32. The van der Waals surface area contributed by atoms with Crippen LogP contribution in [-0.2, 0) is 6.54 Å². The number of benzene rings is 1. The highest BCUT2D eigenvalue weighted by atomic mass is 16.1. The van der Waals surface area contributed by atoms with Crippen LogP contribution in [0, 0.1) is 6.92 Å². The van der Waals surface area contributed by atoms with Gasteiger partial charge in [-0.15, -0.1) is 0 Å². The molecule has 0 bridgehead atoms. The van der Waals surface area contributed by atoms with Crippen molar-refractivity contribution >= 4 is 27.9 Å². The van der Waals surface area contributed by atoms with Gasteiger partial charge < -0.3 is 4.57 Å². The molecule has 5 heteroatoms. The number of aromatic nitrogens is 3. The van der Waals surface area contributed by atoms with Crippen LogP contribution in [0.5, 0.6) is 0 Å². The molecule has 0 amide bonds. The van der Waals surface area contributed by atoms with Crippen molar-refractivity contribution < 1.29 is 0 Å². The van der Waals surface area contributed by atoms with Gasteiger partial charge in [-0.2, -0.15) is 5.10 Å². The number of hydrogen-bond acceptors (Lipinski definition) is 3. The average molecular weight is 336 g/mol. The van der Waals surface area contributed by atoms with Crippen molar-refractivity contribution in [3.8, 4) is 0 Å². The van der Waals surface area contributed by atoms with Crippen molar-refractivity contribution in [3.05, 3.63) is 45.9 Å². The highest BCUT2D eigenvalue weighted by molar-refractivity contribution is 6.04. The number of pyridine rings is 1. The summed E-state index contributed by atoms with van der Waals surface area (Å²) in [6, 6.07) is 6.27. The first-order valence-electron chi connectivity index (χ1n) is 9.09. The Balaban J connectivity index is 1.79. The maximum Gasteiger partial charge on any atom is 0.262 e. The third-order valence-electron chi connectivity index (χ3n) is 5.16. The molecule has 3 aromatic rings. The standard InChI is InChI=1S/C20H24N4O/c1-3-24-17-9-8-15(7-6-12-23-10-4-5-11-23)13-16(17)19-18(20(24)25)14(2)21-22-19/h6-9,13H,3-5,10-12H2,1-2H3,(H,21,22)/b7-6+. The van der Waals surface area contributed by atoms with Crippen molar-refractivity contribution in [2.24, 2.45) is 0 Å². The molecule has 5 nitrogen and oxygen atoms in total. The number of aromatic amines is 1. The number of fused-ring (bicyclic) bond motifs is 3. The molecule has 1 aliphatic rings. The summed E-state index contributed by atoms with van der Waals surface area (Å²) in [5, 5.41) is 9.10. The fourth-order valence-electron chi connectivity index (χ4n) is 3.83. The Morgan fingerprint density at radius 2 is 2.08 bits per heavy atom. The Hall–Kier alpha value is -2.40. The summed E-state index contributed by atoms with van der Waals surface area (Å²) in [5.41, 5.74) is 3.74. The zero-order chi connectivity index (χ0) is 17.4. The number of H-pyrrole nitrogens is 1. The van der Waals surface area contributed by atoms with E-state index in [1.165, 1.54) is 25.9 Å². The van der Waals surface area contributed by atoms with E-state index in [1.54, 1.807) is 0 Å². The minimum Gasteiger partial charge on any atom is -0.308 e.